The Labute approximate surface area is 99.5 Å². The van der Waals surface area contributed by atoms with E-state index in [0.29, 0.717) is 5.15 Å². The van der Waals surface area contributed by atoms with Gasteiger partial charge in [-0.15, -0.1) is 0 Å². The largest absolute Gasteiger partial charge is 0.376 e. The Morgan fingerprint density at radius 1 is 1.19 bits per heavy atom. The lowest BCUT2D eigenvalue weighted by atomic mass is 10.1. The van der Waals surface area contributed by atoms with Gasteiger partial charge in [-0.3, -0.25) is 4.98 Å². The lowest BCUT2D eigenvalue weighted by Gasteiger charge is -2.15. The highest BCUT2D eigenvalue weighted by Crippen LogP contribution is 2.23. The molecule has 1 unspecified atom stereocenters. The normalized spacial score (nSPS) is 12.1. The first-order chi connectivity index (χ1) is 7.77. The molecule has 0 amide bonds. The van der Waals surface area contributed by atoms with Crippen LogP contribution in [0.1, 0.15) is 18.5 Å². The van der Waals surface area contributed by atoms with E-state index in [1.807, 2.05) is 24.3 Å². The first-order valence-electron chi connectivity index (χ1n) is 5.04. The van der Waals surface area contributed by atoms with E-state index >= 15 is 0 Å². The SMILES string of the molecule is CC(Nc1cccnc1Cl)c1ccncc1. The Kier molecular flexibility index (Phi) is 3.37. The van der Waals surface area contributed by atoms with Crippen LogP contribution in [-0.2, 0) is 0 Å². The molecule has 1 atom stereocenters. The molecular formula is C12H12ClN3. The summed E-state index contributed by atoms with van der Waals surface area (Å²) >= 11 is 5.97. The maximum atomic E-state index is 5.97. The highest BCUT2D eigenvalue weighted by atomic mass is 35.5. The van der Waals surface area contributed by atoms with Crippen LogP contribution in [0.15, 0.2) is 42.9 Å². The monoisotopic (exact) mass is 233 g/mol. The van der Waals surface area contributed by atoms with Crippen molar-refractivity contribution >= 4 is 17.3 Å². The van der Waals surface area contributed by atoms with Gasteiger partial charge in [0.25, 0.3) is 0 Å². The van der Waals surface area contributed by atoms with E-state index < -0.39 is 0 Å². The van der Waals surface area contributed by atoms with E-state index in [0.717, 1.165) is 11.3 Å². The minimum Gasteiger partial charge on any atom is -0.376 e. The number of aromatic nitrogens is 2. The summed E-state index contributed by atoms with van der Waals surface area (Å²) in [6, 6.07) is 7.88. The number of halogens is 1. The molecule has 2 aromatic rings. The molecule has 0 saturated heterocycles. The quantitative estimate of drug-likeness (QED) is 0.827. The molecule has 0 aliphatic heterocycles. The predicted molar refractivity (Wildman–Crippen MR) is 65.5 cm³/mol. The third-order valence-corrected chi connectivity index (χ3v) is 2.64. The zero-order valence-corrected chi connectivity index (χ0v) is 9.65. The molecule has 0 fully saturated rings. The highest BCUT2D eigenvalue weighted by Gasteiger charge is 2.07. The van der Waals surface area contributed by atoms with Crippen molar-refractivity contribution in [1.29, 1.82) is 0 Å². The zero-order chi connectivity index (χ0) is 11.4. The van der Waals surface area contributed by atoms with E-state index in [-0.39, 0.29) is 6.04 Å². The molecule has 16 heavy (non-hydrogen) atoms. The van der Waals surface area contributed by atoms with Gasteiger partial charge in [0.1, 0.15) is 0 Å². The number of nitrogens with zero attached hydrogens (tertiary/aromatic N) is 2. The van der Waals surface area contributed by atoms with Crippen molar-refractivity contribution in [3.8, 4) is 0 Å². The van der Waals surface area contributed by atoms with Gasteiger partial charge >= 0.3 is 0 Å². The Hall–Kier alpha value is -1.61. The van der Waals surface area contributed by atoms with E-state index in [2.05, 4.69) is 22.2 Å². The molecule has 82 valence electrons. The third kappa shape index (κ3) is 2.49. The van der Waals surface area contributed by atoms with Crippen molar-refractivity contribution < 1.29 is 0 Å². The highest BCUT2D eigenvalue weighted by molar-refractivity contribution is 6.31. The summed E-state index contributed by atoms with van der Waals surface area (Å²) in [7, 11) is 0. The van der Waals surface area contributed by atoms with E-state index in [1.54, 1.807) is 18.6 Å². The number of hydrogen-bond donors (Lipinski definition) is 1. The molecule has 2 rings (SSSR count). The standard InChI is InChI=1S/C12H12ClN3/c1-9(10-4-7-14-8-5-10)16-11-3-2-6-15-12(11)13/h2-9,16H,1H3. The van der Waals surface area contributed by atoms with Crippen LogP contribution in [0.5, 0.6) is 0 Å². The Balaban J connectivity index is 2.14. The van der Waals surface area contributed by atoms with E-state index in [9.17, 15) is 0 Å². The molecule has 0 spiro atoms. The van der Waals surface area contributed by atoms with Crippen molar-refractivity contribution in [3.63, 3.8) is 0 Å². The topological polar surface area (TPSA) is 37.8 Å². The Bertz CT molecular complexity index is 459. The summed E-state index contributed by atoms with van der Waals surface area (Å²) in [4.78, 5) is 8.00. The molecule has 0 saturated carbocycles. The Morgan fingerprint density at radius 2 is 1.94 bits per heavy atom. The maximum absolute atomic E-state index is 5.97. The molecule has 3 nitrogen and oxygen atoms in total. The molecule has 2 heterocycles. The minimum atomic E-state index is 0.171. The fraction of sp³-hybridized carbons (Fsp3) is 0.167. The van der Waals surface area contributed by atoms with Crippen molar-refractivity contribution in [2.24, 2.45) is 0 Å². The average Bonchev–Trinajstić information content (AvgIpc) is 2.33. The summed E-state index contributed by atoms with van der Waals surface area (Å²) < 4.78 is 0. The van der Waals surface area contributed by atoms with Gasteiger partial charge in [0.2, 0.25) is 0 Å². The third-order valence-electron chi connectivity index (χ3n) is 2.34. The summed E-state index contributed by atoms with van der Waals surface area (Å²) in [6.45, 7) is 2.07. The lowest BCUT2D eigenvalue weighted by Crippen LogP contribution is -2.07. The second kappa shape index (κ2) is 4.94. The molecule has 1 N–H and O–H groups in total. The number of rotatable bonds is 3. The van der Waals surface area contributed by atoms with Crippen LogP contribution < -0.4 is 5.32 Å². The fourth-order valence-electron chi connectivity index (χ4n) is 1.46. The molecule has 0 aliphatic carbocycles. The van der Waals surface area contributed by atoms with Crippen molar-refractivity contribution in [2.45, 2.75) is 13.0 Å². The van der Waals surface area contributed by atoms with Gasteiger partial charge in [-0.05, 0) is 36.8 Å². The first kappa shape index (κ1) is 10.9. The smallest absolute Gasteiger partial charge is 0.152 e. The molecule has 0 aliphatic rings. The maximum Gasteiger partial charge on any atom is 0.152 e. The number of hydrogen-bond acceptors (Lipinski definition) is 3. The molecule has 0 radical (unpaired) electrons. The van der Waals surface area contributed by atoms with E-state index in [1.165, 1.54) is 0 Å². The molecule has 0 aromatic carbocycles. The predicted octanol–water partition coefficient (Wildman–Crippen LogP) is 3.30. The first-order valence-corrected chi connectivity index (χ1v) is 5.42. The van der Waals surface area contributed by atoms with E-state index in [4.69, 9.17) is 11.6 Å². The van der Waals surface area contributed by atoms with Gasteiger partial charge in [-0.2, -0.15) is 0 Å². The van der Waals surface area contributed by atoms with Crippen LogP contribution in [0.2, 0.25) is 5.15 Å². The van der Waals surface area contributed by atoms with Gasteiger partial charge < -0.3 is 5.32 Å². The van der Waals surface area contributed by atoms with Crippen LogP contribution in [0.25, 0.3) is 0 Å². The summed E-state index contributed by atoms with van der Waals surface area (Å²) in [5, 5.41) is 3.79. The second-order valence-electron chi connectivity index (χ2n) is 3.49. The Morgan fingerprint density at radius 3 is 2.62 bits per heavy atom. The second-order valence-corrected chi connectivity index (χ2v) is 3.85. The van der Waals surface area contributed by atoms with Crippen molar-refractivity contribution in [2.75, 3.05) is 5.32 Å². The zero-order valence-electron chi connectivity index (χ0n) is 8.89. The number of pyridine rings is 2. The average molecular weight is 234 g/mol. The number of anilines is 1. The summed E-state index contributed by atoms with van der Waals surface area (Å²) in [6.07, 6.45) is 5.22. The fourth-order valence-corrected chi connectivity index (χ4v) is 1.64. The van der Waals surface area contributed by atoms with Crippen LogP contribution in [0, 0.1) is 0 Å². The van der Waals surface area contributed by atoms with Gasteiger partial charge in [-0.1, -0.05) is 11.6 Å². The van der Waals surface area contributed by atoms with Crippen LogP contribution >= 0.6 is 11.6 Å². The van der Waals surface area contributed by atoms with Gasteiger partial charge in [-0.25, -0.2) is 4.98 Å². The van der Waals surface area contributed by atoms with Crippen LogP contribution in [-0.4, -0.2) is 9.97 Å². The summed E-state index contributed by atoms with van der Waals surface area (Å²) in [5.74, 6) is 0. The molecule has 4 heteroatoms. The molecule has 2 aromatic heterocycles. The lowest BCUT2D eigenvalue weighted by molar-refractivity contribution is 0.879. The molecule has 0 bridgehead atoms. The van der Waals surface area contributed by atoms with Gasteiger partial charge in [0.05, 0.1) is 5.69 Å². The van der Waals surface area contributed by atoms with Crippen molar-refractivity contribution in [1.82, 2.24) is 9.97 Å². The molecular weight excluding hydrogens is 222 g/mol. The summed E-state index contributed by atoms with van der Waals surface area (Å²) in [5.41, 5.74) is 2.00. The van der Waals surface area contributed by atoms with Gasteiger partial charge in [0, 0.05) is 24.6 Å². The van der Waals surface area contributed by atoms with Crippen LogP contribution in [0.4, 0.5) is 5.69 Å². The minimum absolute atomic E-state index is 0.171. The van der Waals surface area contributed by atoms with Crippen molar-refractivity contribution in [3.05, 3.63) is 53.6 Å². The van der Waals surface area contributed by atoms with Gasteiger partial charge in [0.15, 0.2) is 5.15 Å². The number of nitrogens with one attached hydrogen (secondary N) is 1. The van der Waals surface area contributed by atoms with Crippen LogP contribution in [0.3, 0.4) is 0 Å².